The third kappa shape index (κ3) is 3.24. The van der Waals surface area contributed by atoms with Crippen LogP contribution in [-0.4, -0.2) is 19.7 Å². The first-order valence-corrected chi connectivity index (χ1v) is 7.38. The molecule has 2 aromatic rings. The van der Waals surface area contributed by atoms with E-state index in [1.165, 1.54) is 17.7 Å². The number of para-hydroxylation sites is 1. The average Bonchev–Trinajstić information content (AvgIpc) is 2.54. The van der Waals surface area contributed by atoms with Crippen LogP contribution in [0.4, 0.5) is 4.39 Å². The van der Waals surface area contributed by atoms with Gasteiger partial charge in [0.1, 0.15) is 11.6 Å². The zero-order chi connectivity index (χ0) is 14.7. The Morgan fingerprint density at radius 1 is 1.19 bits per heavy atom. The molecule has 1 aliphatic heterocycles. The van der Waals surface area contributed by atoms with Gasteiger partial charge in [0.25, 0.3) is 0 Å². The molecule has 0 radical (unpaired) electrons. The van der Waals surface area contributed by atoms with Crippen LogP contribution < -0.4 is 10.1 Å². The van der Waals surface area contributed by atoms with Crippen LogP contribution in [0.2, 0.25) is 0 Å². The summed E-state index contributed by atoms with van der Waals surface area (Å²) in [5.74, 6) is 1.25. The average molecular weight is 285 g/mol. The Balaban J connectivity index is 1.71. The molecule has 3 heteroatoms. The molecule has 1 N–H and O–H groups in total. The number of likely N-dealkylation sites (N-methyl/N-ethyl adjacent to an activating group) is 1. The van der Waals surface area contributed by atoms with Crippen LogP contribution in [0.3, 0.4) is 0 Å². The normalized spacial score (nSPS) is 18.7. The maximum absolute atomic E-state index is 13.0. The number of rotatable bonds is 4. The van der Waals surface area contributed by atoms with E-state index >= 15 is 0 Å². The molecule has 110 valence electrons. The van der Waals surface area contributed by atoms with Crippen LogP contribution in [0.1, 0.15) is 11.1 Å². The van der Waals surface area contributed by atoms with E-state index in [1.54, 1.807) is 0 Å². The Kier molecular flexibility index (Phi) is 4.20. The Labute approximate surface area is 125 Å². The highest BCUT2D eigenvalue weighted by Gasteiger charge is 2.26. The largest absolute Gasteiger partial charge is 0.493 e. The first-order chi connectivity index (χ1) is 10.3. The van der Waals surface area contributed by atoms with Crippen molar-refractivity contribution in [2.24, 2.45) is 5.92 Å². The van der Waals surface area contributed by atoms with E-state index < -0.39 is 0 Å². The van der Waals surface area contributed by atoms with Gasteiger partial charge in [0.15, 0.2) is 0 Å². The Morgan fingerprint density at radius 2 is 1.95 bits per heavy atom. The van der Waals surface area contributed by atoms with Crippen molar-refractivity contribution in [1.82, 2.24) is 5.32 Å². The number of ether oxygens (including phenoxy) is 1. The monoisotopic (exact) mass is 285 g/mol. The van der Waals surface area contributed by atoms with E-state index in [2.05, 4.69) is 17.4 Å². The number of hydrogen-bond acceptors (Lipinski definition) is 2. The summed E-state index contributed by atoms with van der Waals surface area (Å²) in [5.41, 5.74) is 2.42. The number of hydrogen-bond donors (Lipinski definition) is 1. The quantitative estimate of drug-likeness (QED) is 0.931. The van der Waals surface area contributed by atoms with Crippen molar-refractivity contribution in [1.29, 1.82) is 0 Å². The van der Waals surface area contributed by atoms with Crippen molar-refractivity contribution < 1.29 is 9.13 Å². The van der Waals surface area contributed by atoms with Crippen LogP contribution in [0.5, 0.6) is 5.75 Å². The molecule has 2 nitrogen and oxygen atoms in total. The lowest BCUT2D eigenvalue weighted by molar-refractivity contribution is 0.187. The predicted octanol–water partition coefficient (Wildman–Crippen LogP) is 3.21. The standard InChI is InChI=1S/C18H20FNO/c1-20-17(10-13-6-8-16(19)9-7-13)15-11-14-4-2-3-5-18(14)21-12-15/h2-9,15,17,20H,10-12H2,1H3. The Hall–Kier alpha value is -1.87. The molecular formula is C18H20FNO. The smallest absolute Gasteiger partial charge is 0.123 e. The second kappa shape index (κ2) is 6.27. The molecule has 21 heavy (non-hydrogen) atoms. The summed E-state index contributed by atoms with van der Waals surface area (Å²) in [6, 6.07) is 15.3. The highest BCUT2D eigenvalue weighted by Crippen LogP contribution is 2.29. The zero-order valence-corrected chi connectivity index (χ0v) is 12.2. The summed E-state index contributed by atoms with van der Waals surface area (Å²) in [6.45, 7) is 0.726. The van der Waals surface area contributed by atoms with Gasteiger partial charge in [-0.05, 0) is 49.2 Å². The minimum absolute atomic E-state index is 0.185. The van der Waals surface area contributed by atoms with Crippen molar-refractivity contribution >= 4 is 0 Å². The summed E-state index contributed by atoms with van der Waals surface area (Å²) in [6.07, 6.45) is 1.90. The van der Waals surface area contributed by atoms with Gasteiger partial charge in [-0.25, -0.2) is 4.39 Å². The highest BCUT2D eigenvalue weighted by molar-refractivity contribution is 5.35. The summed E-state index contributed by atoms with van der Waals surface area (Å²) in [4.78, 5) is 0. The van der Waals surface area contributed by atoms with Gasteiger partial charge in [-0.2, -0.15) is 0 Å². The van der Waals surface area contributed by atoms with Gasteiger partial charge in [-0.3, -0.25) is 0 Å². The molecule has 0 bridgehead atoms. The van der Waals surface area contributed by atoms with Crippen LogP contribution in [0.25, 0.3) is 0 Å². The molecule has 0 saturated heterocycles. The molecule has 0 aromatic heterocycles. The molecule has 2 atom stereocenters. The predicted molar refractivity (Wildman–Crippen MR) is 82.1 cm³/mol. The lowest BCUT2D eigenvalue weighted by atomic mass is 9.87. The van der Waals surface area contributed by atoms with E-state index in [9.17, 15) is 4.39 Å². The van der Waals surface area contributed by atoms with Crippen LogP contribution in [-0.2, 0) is 12.8 Å². The molecule has 3 rings (SSSR count). The van der Waals surface area contributed by atoms with Gasteiger partial charge >= 0.3 is 0 Å². The first kappa shape index (κ1) is 14.1. The lowest BCUT2D eigenvalue weighted by Crippen LogP contribution is -2.41. The zero-order valence-electron chi connectivity index (χ0n) is 12.2. The Morgan fingerprint density at radius 3 is 2.71 bits per heavy atom. The molecule has 0 spiro atoms. The molecule has 1 heterocycles. The van der Waals surface area contributed by atoms with Gasteiger partial charge in [0, 0.05) is 12.0 Å². The van der Waals surface area contributed by atoms with E-state index in [0.29, 0.717) is 12.0 Å². The number of halogens is 1. The van der Waals surface area contributed by atoms with E-state index in [4.69, 9.17) is 4.74 Å². The summed E-state index contributed by atoms with van der Waals surface area (Å²) < 4.78 is 18.9. The molecule has 2 aromatic carbocycles. The minimum Gasteiger partial charge on any atom is -0.493 e. The number of benzene rings is 2. The maximum Gasteiger partial charge on any atom is 0.123 e. The second-order valence-corrected chi connectivity index (χ2v) is 5.61. The topological polar surface area (TPSA) is 21.3 Å². The third-order valence-corrected chi connectivity index (χ3v) is 4.22. The molecule has 0 fully saturated rings. The molecule has 1 aliphatic rings. The summed E-state index contributed by atoms with van der Waals surface area (Å²) in [7, 11) is 1.98. The fourth-order valence-electron chi connectivity index (χ4n) is 2.99. The SMILES string of the molecule is CNC(Cc1ccc(F)cc1)C1COc2ccccc2C1. The molecule has 0 aliphatic carbocycles. The first-order valence-electron chi connectivity index (χ1n) is 7.38. The van der Waals surface area contributed by atoms with Gasteiger partial charge < -0.3 is 10.1 Å². The van der Waals surface area contributed by atoms with Crippen molar-refractivity contribution in [3.8, 4) is 5.75 Å². The van der Waals surface area contributed by atoms with Crippen molar-refractivity contribution in [3.05, 3.63) is 65.5 Å². The lowest BCUT2D eigenvalue weighted by Gasteiger charge is -2.31. The minimum atomic E-state index is -0.185. The van der Waals surface area contributed by atoms with E-state index in [0.717, 1.165) is 30.8 Å². The molecular weight excluding hydrogens is 265 g/mol. The van der Waals surface area contributed by atoms with Crippen LogP contribution in [0.15, 0.2) is 48.5 Å². The van der Waals surface area contributed by atoms with Gasteiger partial charge in [-0.1, -0.05) is 30.3 Å². The molecule has 2 unspecified atom stereocenters. The molecule has 0 amide bonds. The maximum atomic E-state index is 13.0. The van der Waals surface area contributed by atoms with Gasteiger partial charge in [-0.15, -0.1) is 0 Å². The second-order valence-electron chi connectivity index (χ2n) is 5.61. The fraction of sp³-hybridized carbons (Fsp3) is 0.333. The fourth-order valence-corrected chi connectivity index (χ4v) is 2.99. The number of nitrogens with one attached hydrogen (secondary N) is 1. The molecule has 0 saturated carbocycles. The Bertz CT molecular complexity index is 596. The third-order valence-electron chi connectivity index (χ3n) is 4.22. The van der Waals surface area contributed by atoms with Crippen molar-refractivity contribution in [3.63, 3.8) is 0 Å². The van der Waals surface area contributed by atoms with Gasteiger partial charge in [0.05, 0.1) is 6.61 Å². The van der Waals surface area contributed by atoms with Crippen LogP contribution >= 0.6 is 0 Å². The highest BCUT2D eigenvalue weighted by atomic mass is 19.1. The van der Waals surface area contributed by atoms with Crippen molar-refractivity contribution in [2.75, 3.05) is 13.7 Å². The summed E-state index contributed by atoms with van der Waals surface area (Å²) >= 11 is 0. The van der Waals surface area contributed by atoms with Crippen molar-refractivity contribution in [2.45, 2.75) is 18.9 Å². The van der Waals surface area contributed by atoms with E-state index in [-0.39, 0.29) is 5.82 Å². The van der Waals surface area contributed by atoms with Gasteiger partial charge in [0.2, 0.25) is 0 Å². The van der Waals surface area contributed by atoms with Crippen LogP contribution in [0, 0.1) is 11.7 Å². The summed E-state index contributed by atoms with van der Waals surface area (Å²) in [5, 5.41) is 3.39. The number of fused-ring (bicyclic) bond motifs is 1. The van der Waals surface area contributed by atoms with E-state index in [1.807, 2.05) is 31.3 Å².